The van der Waals surface area contributed by atoms with Crippen LogP contribution in [0.15, 0.2) is 41.6 Å². The minimum absolute atomic E-state index is 0.148. The molecule has 0 fully saturated rings. The van der Waals surface area contributed by atoms with Gasteiger partial charge in [-0.25, -0.2) is 4.39 Å². The van der Waals surface area contributed by atoms with E-state index in [1.807, 2.05) is 30.7 Å². The Bertz CT molecular complexity index is 1060. The van der Waals surface area contributed by atoms with Crippen LogP contribution in [0.3, 0.4) is 0 Å². The maximum absolute atomic E-state index is 13.4. The lowest BCUT2D eigenvalue weighted by Gasteiger charge is -2.08. The number of nitrogens with one attached hydrogen (secondary N) is 1. The molecule has 0 aliphatic heterocycles. The average molecular weight is 485 g/mol. The molecule has 0 atom stereocenters. The second-order valence-electron chi connectivity index (χ2n) is 6.48. The Morgan fingerprint density at radius 2 is 1.97 bits per heavy atom. The summed E-state index contributed by atoms with van der Waals surface area (Å²) in [5, 5.41) is 13.0. The summed E-state index contributed by atoms with van der Waals surface area (Å²) in [6.07, 6.45) is 0. The molecule has 0 aliphatic carbocycles. The number of carbonyl (C=O) groups excluding carboxylic acids is 1. The van der Waals surface area contributed by atoms with Crippen LogP contribution in [-0.2, 0) is 23.3 Å². The summed E-state index contributed by atoms with van der Waals surface area (Å²) in [5.41, 5.74) is 2.28. The zero-order valence-electron chi connectivity index (χ0n) is 16.3. The molecule has 0 aliphatic rings. The molecular formula is C20H19Cl2FN4OS2. The van der Waals surface area contributed by atoms with Gasteiger partial charge in [-0.2, -0.15) is 0 Å². The van der Waals surface area contributed by atoms with E-state index in [1.165, 1.54) is 23.9 Å². The lowest BCUT2D eigenvalue weighted by molar-refractivity contribution is -0.113. The summed E-state index contributed by atoms with van der Waals surface area (Å²) in [6, 6.07) is 9.75. The van der Waals surface area contributed by atoms with E-state index in [0.29, 0.717) is 26.6 Å². The van der Waals surface area contributed by atoms with E-state index >= 15 is 0 Å². The molecule has 0 spiro atoms. The molecule has 1 aromatic heterocycles. The first kappa shape index (κ1) is 22.9. The van der Waals surface area contributed by atoms with Crippen molar-refractivity contribution in [1.29, 1.82) is 0 Å². The number of nitrogens with zero attached hydrogens (tertiary/aromatic N) is 3. The smallest absolute Gasteiger partial charge is 0.234 e. The van der Waals surface area contributed by atoms with Gasteiger partial charge >= 0.3 is 0 Å². The van der Waals surface area contributed by atoms with Crippen molar-refractivity contribution >= 4 is 58.3 Å². The summed E-state index contributed by atoms with van der Waals surface area (Å²) >= 11 is 15.1. The van der Waals surface area contributed by atoms with Gasteiger partial charge in [0.1, 0.15) is 11.6 Å². The topological polar surface area (TPSA) is 59.8 Å². The highest BCUT2D eigenvalue weighted by Gasteiger charge is 2.13. The third kappa shape index (κ3) is 6.14. The SMILES string of the molecule is Cc1ccc(F)cc1NC(=O)CSc1nnc(CSCc2ccc(Cl)cc2Cl)n1C. The Morgan fingerprint density at radius 3 is 2.73 bits per heavy atom. The molecule has 158 valence electrons. The van der Waals surface area contributed by atoms with E-state index in [0.717, 1.165) is 22.7 Å². The summed E-state index contributed by atoms with van der Waals surface area (Å²) in [5.74, 6) is 1.70. The number of halogens is 3. The number of amides is 1. The van der Waals surface area contributed by atoms with E-state index in [-0.39, 0.29) is 17.5 Å². The van der Waals surface area contributed by atoms with Crippen LogP contribution in [0.1, 0.15) is 17.0 Å². The number of hydrogen-bond acceptors (Lipinski definition) is 5. The Morgan fingerprint density at radius 1 is 1.17 bits per heavy atom. The van der Waals surface area contributed by atoms with Crippen LogP contribution in [0.4, 0.5) is 10.1 Å². The van der Waals surface area contributed by atoms with Crippen LogP contribution in [0.5, 0.6) is 0 Å². The van der Waals surface area contributed by atoms with Crippen LogP contribution in [-0.4, -0.2) is 26.4 Å². The van der Waals surface area contributed by atoms with Gasteiger partial charge in [0.2, 0.25) is 5.91 Å². The minimum Gasteiger partial charge on any atom is -0.325 e. The van der Waals surface area contributed by atoms with Crippen LogP contribution in [0.2, 0.25) is 10.0 Å². The van der Waals surface area contributed by atoms with Crippen LogP contribution < -0.4 is 5.32 Å². The normalized spacial score (nSPS) is 11.0. The van der Waals surface area contributed by atoms with E-state index < -0.39 is 0 Å². The average Bonchev–Trinajstić information content (AvgIpc) is 3.04. The second kappa shape index (κ2) is 10.5. The quantitative estimate of drug-likeness (QED) is 0.413. The zero-order chi connectivity index (χ0) is 21.7. The van der Waals surface area contributed by atoms with Crippen molar-refractivity contribution in [3.8, 4) is 0 Å². The number of benzene rings is 2. The first-order chi connectivity index (χ1) is 14.3. The molecule has 0 saturated carbocycles. The Balaban J connectivity index is 1.51. The number of thioether (sulfide) groups is 2. The Kier molecular flexibility index (Phi) is 8.05. The highest BCUT2D eigenvalue weighted by molar-refractivity contribution is 7.99. The molecule has 1 N–H and O–H groups in total. The van der Waals surface area contributed by atoms with Gasteiger partial charge in [0.25, 0.3) is 0 Å². The zero-order valence-corrected chi connectivity index (χ0v) is 19.4. The number of anilines is 1. The molecule has 0 radical (unpaired) electrons. The van der Waals surface area contributed by atoms with Crippen molar-refractivity contribution in [2.45, 2.75) is 23.6 Å². The van der Waals surface area contributed by atoms with E-state index in [9.17, 15) is 9.18 Å². The fourth-order valence-corrected chi connectivity index (χ4v) is 4.82. The van der Waals surface area contributed by atoms with Crippen LogP contribution in [0, 0.1) is 12.7 Å². The number of aryl methyl sites for hydroxylation is 1. The van der Waals surface area contributed by atoms with Gasteiger partial charge in [0, 0.05) is 28.5 Å². The lowest BCUT2D eigenvalue weighted by Crippen LogP contribution is -2.15. The number of carbonyl (C=O) groups is 1. The molecule has 0 saturated heterocycles. The third-order valence-corrected chi connectivity index (χ3v) is 6.82. The van der Waals surface area contributed by atoms with Crippen molar-refractivity contribution in [3.63, 3.8) is 0 Å². The van der Waals surface area contributed by atoms with Crippen molar-refractivity contribution in [1.82, 2.24) is 14.8 Å². The highest BCUT2D eigenvalue weighted by Crippen LogP contribution is 2.26. The standard InChI is InChI=1S/C20H19Cl2FN4OS2/c1-12-3-6-15(23)8-17(12)24-19(28)11-30-20-26-25-18(27(20)2)10-29-9-13-4-5-14(21)7-16(13)22/h3-8H,9-11H2,1-2H3,(H,24,28). The number of hydrogen-bond donors (Lipinski definition) is 1. The number of rotatable bonds is 8. The van der Waals surface area contributed by atoms with Gasteiger partial charge in [-0.05, 0) is 42.3 Å². The molecule has 3 aromatic rings. The predicted molar refractivity (Wildman–Crippen MR) is 123 cm³/mol. The Labute approximate surface area is 192 Å². The maximum Gasteiger partial charge on any atom is 0.234 e. The first-order valence-electron chi connectivity index (χ1n) is 8.92. The van der Waals surface area contributed by atoms with Gasteiger partial charge in [0.15, 0.2) is 5.16 Å². The fraction of sp³-hybridized carbons (Fsp3) is 0.250. The number of aromatic nitrogens is 3. The fourth-order valence-electron chi connectivity index (χ4n) is 2.53. The molecule has 2 aromatic carbocycles. The molecular weight excluding hydrogens is 466 g/mol. The highest BCUT2D eigenvalue weighted by atomic mass is 35.5. The van der Waals surface area contributed by atoms with Gasteiger partial charge in [-0.3, -0.25) is 4.79 Å². The van der Waals surface area contributed by atoms with E-state index in [4.69, 9.17) is 23.2 Å². The molecule has 1 heterocycles. The van der Waals surface area contributed by atoms with Gasteiger partial charge < -0.3 is 9.88 Å². The lowest BCUT2D eigenvalue weighted by atomic mass is 10.2. The third-order valence-electron chi connectivity index (χ3n) is 4.23. The van der Waals surface area contributed by atoms with E-state index in [1.54, 1.807) is 23.9 Å². The van der Waals surface area contributed by atoms with Crippen molar-refractivity contribution in [2.24, 2.45) is 7.05 Å². The summed E-state index contributed by atoms with van der Waals surface area (Å²) in [6.45, 7) is 1.81. The van der Waals surface area contributed by atoms with Crippen molar-refractivity contribution < 1.29 is 9.18 Å². The van der Waals surface area contributed by atoms with E-state index in [2.05, 4.69) is 15.5 Å². The second-order valence-corrected chi connectivity index (χ2v) is 9.25. The Hall–Kier alpha value is -1.74. The van der Waals surface area contributed by atoms with Crippen molar-refractivity contribution in [2.75, 3.05) is 11.1 Å². The molecule has 10 heteroatoms. The summed E-state index contributed by atoms with van der Waals surface area (Å²) < 4.78 is 15.2. The van der Waals surface area contributed by atoms with Gasteiger partial charge in [-0.1, -0.05) is 47.1 Å². The molecule has 3 rings (SSSR count). The van der Waals surface area contributed by atoms with Gasteiger partial charge in [-0.15, -0.1) is 22.0 Å². The molecule has 1 amide bonds. The summed E-state index contributed by atoms with van der Waals surface area (Å²) in [4.78, 5) is 12.2. The molecule has 5 nitrogen and oxygen atoms in total. The van der Waals surface area contributed by atoms with Gasteiger partial charge in [0.05, 0.1) is 11.5 Å². The largest absolute Gasteiger partial charge is 0.325 e. The maximum atomic E-state index is 13.4. The molecule has 30 heavy (non-hydrogen) atoms. The van der Waals surface area contributed by atoms with Crippen molar-refractivity contribution in [3.05, 3.63) is 69.2 Å². The minimum atomic E-state index is -0.390. The summed E-state index contributed by atoms with van der Waals surface area (Å²) in [7, 11) is 1.86. The molecule has 0 unspecified atom stereocenters. The van der Waals surface area contributed by atoms with Crippen LogP contribution in [0.25, 0.3) is 0 Å². The predicted octanol–water partition coefficient (Wildman–Crippen LogP) is 5.73. The molecule has 0 bridgehead atoms. The monoisotopic (exact) mass is 484 g/mol. The van der Waals surface area contributed by atoms with Crippen LogP contribution >= 0.6 is 46.7 Å². The first-order valence-corrected chi connectivity index (χ1v) is 11.8.